The molecule has 5 nitrogen and oxygen atoms in total. The number of aromatic nitrogens is 2. The lowest BCUT2D eigenvalue weighted by atomic mass is 9.96. The number of hydrogen-bond donors (Lipinski definition) is 1. The van der Waals surface area contributed by atoms with E-state index >= 15 is 0 Å². The van der Waals surface area contributed by atoms with E-state index in [1.807, 2.05) is 6.20 Å². The largest absolute Gasteiger partial charge is 0.468 e. The Morgan fingerprint density at radius 2 is 1.86 bits per heavy atom. The van der Waals surface area contributed by atoms with Crippen LogP contribution >= 0.6 is 0 Å². The molecule has 2 fully saturated rings. The van der Waals surface area contributed by atoms with Gasteiger partial charge in [0, 0.05) is 18.2 Å². The number of imidazole rings is 1. The molecule has 116 valence electrons. The van der Waals surface area contributed by atoms with Crippen molar-refractivity contribution in [3.63, 3.8) is 0 Å². The van der Waals surface area contributed by atoms with E-state index in [1.165, 1.54) is 44.9 Å². The molecule has 0 aliphatic heterocycles. The van der Waals surface area contributed by atoms with Crippen molar-refractivity contribution in [1.29, 1.82) is 0 Å². The summed E-state index contributed by atoms with van der Waals surface area (Å²) in [5, 5.41) is 3.12. The molecule has 2 saturated carbocycles. The topological polar surface area (TPSA) is 56.2 Å². The van der Waals surface area contributed by atoms with Crippen molar-refractivity contribution in [2.24, 2.45) is 0 Å². The number of ether oxygens (including phenoxy) is 1. The van der Waals surface area contributed by atoms with Gasteiger partial charge in [-0.2, -0.15) is 4.98 Å². The van der Waals surface area contributed by atoms with Crippen LogP contribution in [0.2, 0.25) is 0 Å². The molecule has 2 aliphatic rings. The van der Waals surface area contributed by atoms with Gasteiger partial charge in [-0.3, -0.25) is 0 Å². The first kappa shape index (κ1) is 14.4. The maximum Gasteiger partial charge on any atom is 0.329 e. The van der Waals surface area contributed by atoms with Crippen LogP contribution in [-0.4, -0.2) is 28.7 Å². The monoisotopic (exact) mass is 291 g/mol. The van der Waals surface area contributed by atoms with Gasteiger partial charge >= 0.3 is 12.0 Å². The molecule has 3 rings (SSSR count). The first-order valence-electron chi connectivity index (χ1n) is 8.22. The number of nitrogens with one attached hydrogen (secondary N) is 1. The highest BCUT2D eigenvalue weighted by molar-refractivity contribution is 5.78. The van der Waals surface area contributed by atoms with E-state index in [0.29, 0.717) is 18.0 Å². The Balaban J connectivity index is 1.71. The Labute approximate surface area is 126 Å². The van der Waals surface area contributed by atoms with Gasteiger partial charge in [-0.15, -0.1) is 0 Å². The molecule has 0 saturated heterocycles. The number of nitrogens with zero attached hydrogens (tertiary/aromatic N) is 2. The van der Waals surface area contributed by atoms with Crippen LogP contribution in [0.1, 0.15) is 69.4 Å². The van der Waals surface area contributed by atoms with E-state index in [4.69, 9.17) is 4.74 Å². The molecule has 0 bridgehead atoms. The van der Waals surface area contributed by atoms with Crippen LogP contribution in [0.25, 0.3) is 0 Å². The van der Waals surface area contributed by atoms with E-state index < -0.39 is 0 Å². The van der Waals surface area contributed by atoms with Crippen LogP contribution in [-0.2, 0) is 0 Å². The summed E-state index contributed by atoms with van der Waals surface area (Å²) < 4.78 is 6.83. The predicted molar refractivity (Wildman–Crippen MR) is 80.8 cm³/mol. The van der Waals surface area contributed by atoms with Gasteiger partial charge in [0.1, 0.15) is 0 Å². The first-order chi connectivity index (χ1) is 10.3. The van der Waals surface area contributed by atoms with E-state index in [2.05, 4.69) is 10.3 Å². The minimum atomic E-state index is -0.101. The summed E-state index contributed by atoms with van der Waals surface area (Å²) in [6.45, 7) is 0. The Kier molecular flexibility index (Phi) is 4.46. The lowest BCUT2D eigenvalue weighted by Gasteiger charge is -2.22. The molecule has 0 atom stereocenters. The van der Waals surface area contributed by atoms with Crippen molar-refractivity contribution in [1.82, 2.24) is 14.9 Å². The average molecular weight is 291 g/mol. The number of methoxy groups -OCH3 is 1. The number of carbonyl (C=O) groups excluding carboxylic acids is 1. The third kappa shape index (κ3) is 3.22. The lowest BCUT2D eigenvalue weighted by molar-refractivity contribution is 0.230. The SMILES string of the molecule is COc1nc(C2CCCC2)cn1C(=O)NC1CCCCC1. The summed E-state index contributed by atoms with van der Waals surface area (Å²) >= 11 is 0. The molecule has 0 radical (unpaired) electrons. The Hall–Kier alpha value is -1.52. The summed E-state index contributed by atoms with van der Waals surface area (Å²) in [7, 11) is 1.57. The van der Waals surface area contributed by atoms with Gasteiger partial charge in [0.15, 0.2) is 0 Å². The van der Waals surface area contributed by atoms with Crippen LogP contribution in [0.15, 0.2) is 6.20 Å². The van der Waals surface area contributed by atoms with Crippen molar-refractivity contribution < 1.29 is 9.53 Å². The molecule has 0 aromatic carbocycles. The van der Waals surface area contributed by atoms with E-state index in [9.17, 15) is 4.79 Å². The van der Waals surface area contributed by atoms with Crippen LogP contribution in [0.4, 0.5) is 4.79 Å². The van der Waals surface area contributed by atoms with Gasteiger partial charge in [-0.25, -0.2) is 9.36 Å². The molecular weight excluding hydrogens is 266 g/mol. The summed E-state index contributed by atoms with van der Waals surface area (Å²) in [5.74, 6) is 0.489. The molecule has 21 heavy (non-hydrogen) atoms. The lowest BCUT2D eigenvalue weighted by Crippen LogP contribution is -2.38. The fourth-order valence-electron chi connectivity index (χ4n) is 3.58. The highest BCUT2D eigenvalue weighted by Gasteiger charge is 2.24. The predicted octanol–water partition coefficient (Wildman–Crippen LogP) is 3.44. The maximum absolute atomic E-state index is 12.5. The summed E-state index contributed by atoms with van der Waals surface area (Å²) in [6.07, 6.45) is 12.6. The van der Waals surface area contributed by atoms with Gasteiger partial charge in [0.2, 0.25) is 0 Å². The molecule has 1 aromatic heterocycles. The fourth-order valence-corrected chi connectivity index (χ4v) is 3.58. The van der Waals surface area contributed by atoms with Crippen LogP contribution in [0.5, 0.6) is 6.01 Å². The zero-order chi connectivity index (χ0) is 14.7. The van der Waals surface area contributed by atoms with Crippen molar-refractivity contribution in [3.05, 3.63) is 11.9 Å². The van der Waals surface area contributed by atoms with Gasteiger partial charge < -0.3 is 10.1 Å². The second kappa shape index (κ2) is 6.50. The normalized spacial score (nSPS) is 20.6. The summed E-state index contributed by atoms with van der Waals surface area (Å²) in [5.41, 5.74) is 1.00. The van der Waals surface area contributed by atoms with Gasteiger partial charge in [0.05, 0.1) is 12.8 Å². The summed E-state index contributed by atoms with van der Waals surface area (Å²) in [6, 6.07) is 0.606. The van der Waals surface area contributed by atoms with Crippen molar-refractivity contribution >= 4 is 6.03 Å². The van der Waals surface area contributed by atoms with Gasteiger partial charge in [-0.1, -0.05) is 32.1 Å². The Morgan fingerprint density at radius 1 is 1.19 bits per heavy atom. The average Bonchev–Trinajstić information content (AvgIpc) is 3.17. The highest BCUT2D eigenvalue weighted by Crippen LogP contribution is 2.34. The zero-order valence-electron chi connectivity index (χ0n) is 12.8. The number of carbonyl (C=O) groups is 1. The van der Waals surface area contributed by atoms with E-state index in [0.717, 1.165) is 18.5 Å². The number of rotatable bonds is 3. The van der Waals surface area contributed by atoms with Crippen molar-refractivity contribution in [2.75, 3.05) is 7.11 Å². The minimum Gasteiger partial charge on any atom is -0.468 e. The van der Waals surface area contributed by atoms with Crippen molar-refractivity contribution in [3.8, 4) is 6.01 Å². The first-order valence-corrected chi connectivity index (χ1v) is 8.22. The van der Waals surface area contributed by atoms with Crippen LogP contribution in [0, 0.1) is 0 Å². The van der Waals surface area contributed by atoms with Gasteiger partial charge in [0.25, 0.3) is 0 Å². The smallest absolute Gasteiger partial charge is 0.329 e. The molecular formula is C16H25N3O2. The second-order valence-electron chi connectivity index (χ2n) is 6.29. The quantitative estimate of drug-likeness (QED) is 0.928. The fraction of sp³-hybridized carbons (Fsp3) is 0.750. The second-order valence-corrected chi connectivity index (χ2v) is 6.29. The molecule has 2 aliphatic carbocycles. The zero-order valence-corrected chi connectivity index (χ0v) is 12.8. The van der Waals surface area contributed by atoms with Crippen LogP contribution in [0.3, 0.4) is 0 Å². The molecule has 1 heterocycles. The Morgan fingerprint density at radius 3 is 2.52 bits per heavy atom. The number of amides is 1. The molecule has 1 amide bonds. The molecule has 1 aromatic rings. The van der Waals surface area contributed by atoms with Crippen LogP contribution < -0.4 is 10.1 Å². The molecule has 5 heteroatoms. The minimum absolute atomic E-state index is 0.101. The van der Waals surface area contributed by atoms with E-state index in [-0.39, 0.29) is 6.03 Å². The Bertz CT molecular complexity index is 486. The van der Waals surface area contributed by atoms with E-state index in [1.54, 1.807) is 11.7 Å². The molecule has 1 N–H and O–H groups in total. The van der Waals surface area contributed by atoms with Crippen molar-refractivity contribution in [2.45, 2.75) is 69.7 Å². The third-order valence-corrected chi connectivity index (χ3v) is 4.80. The molecule has 0 spiro atoms. The maximum atomic E-state index is 12.5. The highest BCUT2D eigenvalue weighted by atomic mass is 16.5. The summed E-state index contributed by atoms with van der Waals surface area (Å²) in [4.78, 5) is 17.0. The van der Waals surface area contributed by atoms with Gasteiger partial charge in [-0.05, 0) is 25.7 Å². The standard InChI is InChI=1S/C16H25N3O2/c1-21-16-18-14(12-7-5-6-8-12)11-19(16)15(20)17-13-9-3-2-4-10-13/h11-13H,2-10H2,1H3,(H,17,20). The third-order valence-electron chi connectivity index (χ3n) is 4.80. The number of hydrogen-bond acceptors (Lipinski definition) is 3. The molecule has 0 unspecified atom stereocenters.